The molecule has 0 radical (unpaired) electrons. The Hall–Kier alpha value is -2.34. The maximum Gasteiger partial charge on any atom is 0.259 e. The van der Waals surface area contributed by atoms with Gasteiger partial charge in [0, 0.05) is 17.2 Å². The van der Waals surface area contributed by atoms with Gasteiger partial charge < -0.3 is 15.4 Å². The molecule has 0 aliphatic carbocycles. The highest BCUT2D eigenvalue weighted by molar-refractivity contribution is 9.10. The van der Waals surface area contributed by atoms with Gasteiger partial charge in [-0.3, -0.25) is 9.59 Å². The number of halogens is 1. The summed E-state index contributed by atoms with van der Waals surface area (Å²) in [6.07, 6.45) is 4.77. The lowest BCUT2D eigenvalue weighted by molar-refractivity contribution is -0.119. The highest BCUT2D eigenvalue weighted by atomic mass is 79.9. The van der Waals surface area contributed by atoms with E-state index < -0.39 is 0 Å². The van der Waals surface area contributed by atoms with E-state index in [4.69, 9.17) is 4.74 Å². The minimum Gasteiger partial charge on any atom is -0.493 e. The Labute approximate surface area is 175 Å². The molecule has 5 nitrogen and oxygen atoms in total. The number of carbonyl (C=O) groups is 2. The minimum atomic E-state index is -0.232. The molecule has 0 aromatic heterocycles. The zero-order chi connectivity index (χ0) is 20.4. The summed E-state index contributed by atoms with van der Waals surface area (Å²) in [5, 5.41) is 5.48. The number of ether oxygens (including phenoxy) is 1. The molecule has 0 unspecified atom stereocenters. The summed E-state index contributed by atoms with van der Waals surface area (Å²) >= 11 is 3.42. The number of hydrogen-bond acceptors (Lipinski definition) is 3. The van der Waals surface area contributed by atoms with Gasteiger partial charge in [0.25, 0.3) is 5.91 Å². The Balaban J connectivity index is 2.02. The van der Waals surface area contributed by atoms with Crippen molar-refractivity contribution in [1.29, 1.82) is 0 Å². The molecule has 2 N–H and O–H groups in total. The second kappa shape index (κ2) is 11.5. The summed E-state index contributed by atoms with van der Waals surface area (Å²) in [7, 11) is 1.61. The topological polar surface area (TPSA) is 67.4 Å². The van der Waals surface area contributed by atoms with Crippen LogP contribution in [0.5, 0.6) is 5.75 Å². The first-order valence-corrected chi connectivity index (χ1v) is 10.4. The summed E-state index contributed by atoms with van der Waals surface area (Å²) in [6.45, 7) is 2.76. The molecule has 0 aliphatic heterocycles. The molecule has 0 spiro atoms. The molecule has 28 heavy (non-hydrogen) atoms. The van der Waals surface area contributed by atoms with E-state index in [1.165, 1.54) is 12.8 Å². The van der Waals surface area contributed by atoms with Gasteiger partial charge in [-0.2, -0.15) is 0 Å². The average molecular weight is 447 g/mol. The molecule has 2 aromatic carbocycles. The van der Waals surface area contributed by atoms with E-state index in [9.17, 15) is 9.59 Å². The SMILES string of the molecule is CCCCCCOc1ccc(Br)cc1C(=O)Nc1ccc(CC(=O)NC)cc1. The van der Waals surface area contributed by atoms with Crippen molar-refractivity contribution >= 4 is 33.4 Å². The van der Waals surface area contributed by atoms with Gasteiger partial charge in [-0.15, -0.1) is 0 Å². The standard InChI is InChI=1S/C22H27BrN2O3/c1-3-4-5-6-13-28-20-12-9-17(23)15-19(20)22(27)25-18-10-7-16(8-11-18)14-21(26)24-2/h7-12,15H,3-6,13-14H2,1-2H3,(H,24,26)(H,25,27). The second-order valence-corrected chi connectivity index (χ2v) is 7.47. The molecule has 0 aliphatic rings. The van der Waals surface area contributed by atoms with Crippen molar-refractivity contribution in [3.8, 4) is 5.75 Å². The predicted octanol–water partition coefficient (Wildman–Crippen LogP) is 4.95. The molecular formula is C22H27BrN2O3. The Kier molecular flexibility index (Phi) is 9.01. The summed E-state index contributed by atoms with van der Waals surface area (Å²) < 4.78 is 6.66. The number of unbranched alkanes of at least 4 members (excludes halogenated alkanes) is 3. The molecule has 0 atom stereocenters. The fourth-order valence-corrected chi connectivity index (χ4v) is 3.06. The lowest BCUT2D eigenvalue weighted by Gasteiger charge is -2.13. The van der Waals surface area contributed by atoms with Gasteiger partial charge in [0.2, 0.25) is 5.91 Å². The first kappa shape index (κ1) is 22.0. The van der Waals surface area contributed by atoms with Crippen molar-refractivity contribution < 1.29 is 14.3 Å². The summed E-state index contributed by atoms with van der Waals surface area (Å²) in [6, 6.07) is 12.7. The van der Waals surface area contributed by atoms with Crippen LogP contribution in [0, 0.1) is 0 Å². The summed E-state index contributed by atoms with van der Waals surface area (Å²) in [5.74, 6) is 0.295. The average Bonchev–Trinajstić information content (AvgIpc) is 2.70. The van der Waals surface area contributed by atoms with Crippen LogP contribution in [-0.4, -0.2) is 25.5 Å². The van der Waals surface area contributed by atoms with Gasteiger partial charge >= 0.3 is 0 Å². The monoisotopic (exact) mass is 446 g/mol. The largest absolute Gasteiger partial charge is 0.493 e. The number of carbonyl (C=O) groups excluding carboxylic acids is 2. The number of rotatable bonds is 10. The quantitative estimate of drug-likeness (QED) is 0.507. The molecule has 6 heteroatoms. The van der Waals surface area contributed by atoms with Crippen LogP contribution >= 0.6 is 15.9 Å². The Morgan fingerprint density at radius 1 is 1.04 bits per heavy atom. The first-order chi connectivity index (χ1) is 13.5. The molecule has 0 saturated heterocycles. The molecule has 0 fully saturated rings. The van der Waals surface area contributed by atoms with Crippen LogP contribution in [-0.2, 0) is 11.2 Å². The highest BCUT2D eigenvalue weighted by Gasteiger charge is 2.14. The van der Waals surface area contributed by atoms with E-state index in [0.29, 0.717) is 30.0 Å². The van der Waals surface area contributed by atoms with Crippen molar-refractivity contribution in [3.05, 3.63) is 58.1 Å². The van der Waals surface area contributed by atoms with Gasteiger partial charge in [-0.05, 0) is 42.3 Å². The van der Waals surface area contributed by atoms with Crippen LogP contribution in [0.15, 0.2) is 46.9 Å². The van der Waals surface area contributed by atoms with Crippen molar-refractivity contribution in [1.82, 2.24) is 5.32 Å². The number of amides is 2. The van der Waals surface area contributed by atoms with Crippen molar-refractivity contribution in [3.63, 3.8) is 0 Å². The van der Waals surface area contributed by atoms with Crippen molar-refractivity contribution in [2.45, 2.75) is 39.0 Å². The smallest absolute Gasteiger partial charge is 0.259 e. The maximum absolute atomic E-state index is 12.8. The third-order valence-corrected chi connectivity index (χ3v) is 4.79. The molecule has 0 saturated carbocycles. The second-order valence-electron chi connectivity index (χ2n) is 6.55. The molecule has 0 bridgehead atoms. The van der Waals surface area contributed by atoms with Crippen LogP contribution in [0.2, 0.25) is 0 Å². The van der Waals surface area contributed by atoms with Crippen molar-refractivity contribution in [2.75, 3.05) is 19.0 Å². The molecule has 150 valence electrons. The van der Waals surface area contributed by atoms with Crippen LogP contribution in [0.1, 0.15) is 48.5 Å². The zero-order valence-electron chi connectivity index (χ0n) is 16.4. The number of likely N-dealkylation sites (N-methyl/N-ethyl adjacent to an activating group) is 1. The minimum absolute atomic E-state index is 0.0494. The van der Waals surface area contributed by atoms with Crippen LogP contribution < -0.4 is 15.4 Å². The van der Waals surface area contributed by atoms with Gasteiger partial charge in [0.1, 0.15) is 5.75 Å². The third kappa shape index (κ3) is 7.00. The first-order valence-electron chi connectivity index (χ1n) is 9.56. The van der Waals surface area contributed by atoms with E-state index in [0.717, 1.165) is 22.9 Å². The Morgan fingerprint density at radius 2 is 1.79 bits per heavy atom. The number of hydrogen-bond donors (Lipinski definition) is 2. The normalized spacial score (nSPS) is 10.4. The molecule has 2 rings (SSSR count). The van der Waals surface area contributed by atoms with Gasteiger partial charge in [0.15, 0.2) is 0 Å². The zero-order valence-corrected chi connectivity index (χ0v) is 18.0. The Morgan fingerprint density at radius 3 is 2.46 bits per heavy atom. The fraction of sp³-hybridized carbons (Fsp3) is 0.364. The van der Waals surface area contributed by atoms with Crippen LogP contribution in [0.25, 0.3) is 0 Å². The van der Waals surface area contributed by atoms with E-state index in [1.807, 2.05) is 24.3 Å². The maximum atomic E-state index is 12.8. The molecule has 0 heterocycles. The van der Waals surface area contributed by atoms with Crippen LogP contribution in [0.3, 0.4) is 0 Å². The summed E-state index contributed by atoms with van der Waals surface area (Å²) in [4.78, 5) is 24.2. The van der Waals surface area contributed by atoms with Gasteiger partial charge in [-0.25, -0.2) is 0 Å². The van der Waals surface area contributed by atoms with E-state index >= 15 is 0 Å². The number of benzene rings is 2. The highest BCUT2D eigenvalue weighted by Crippen LogP contribution is 2.25. The fourth-order valence-electron chi connectivity index (χ4n) is 2.69. The lowest BCUT2D eigenvalue weighted by Crippen LogP contribution is -2.19. The molecule has 2 aromatic rings. The van der Waals surface area contributed by atoms with Crippen LogP contribution in [0.4, 0.5) is 5.69 Å². The molecule has 2 amide bonds. The van der Waals surface area contributed by atoms with E-state index in [1.54, 1.807) is 25.2 Å². The van der Waals surface area contributed by atoms with E-state index in [2.05, 4.69) is 33.5 Å². The lowest BCUT2D eigenvalue weighted by atomic mass is 10.1. The van der Waals surface area contributed by atoms with E-state index in [-0.39, 0.29) is 11.8 Å². The molecular weight excluding hydrogens is 420 g/mol. The number of nitrogens with one attached hydrogen (secondary N) is 2. The predicted molar refractivity (Wildman–Crippen MR) is 116 cm³/mol. The van der Waals surface area contributed by atoms with Gasteiger partial charge in [-0.1, -0.05) is 54.2 Å². The number of anilines is 1. The van der Waals surface area contributed by atoms with Gasteiger partial charge in [0.05, 0.1) is 18.6 Å². The summed E-state index contributed by atoms with van der Waals surface area (Å²) in [5.41, 5.74) is 2.04. The Bertz CT molecular complexity index is 791. The van der Waals surface area contributed by atoms with Crippen molar-refractivity contribution in [2.24, 2.45) is 0 Å². The third-order valence-electron chi connectivity index (χ3n) is 4.30.